The van der Waals surface area contributed by atoms with Gasteiger partial charge in [0.15, 0.2) is 5.78 Å². The van der Waals surface area contributed by atoms with Crippen molar-refractivity contribution < 1.29 is 9.53 Å². The largest absolute Gasteiger partial charge is 0.486 e. The number of benzene rings is 1. The van der Waals surface area contributed by atoms with Crippen LogP contribution >= 0.6 is 12.4 Å². The lowest BCUT2D eigenvalue weighted by Gasteiger charge is -2.40. The fourth-order valence-electron chi connectivity index (χ4n) is 2.77. The summed E-state index contributed by atoms with van der Waals surface area (Å²) in [5.74, 6) is 1.01. The van der Waals surface area contributed by atoms with Crippen molar-refractivity contribution in [1.82, 2.24) is 5.32 Å². The molecule has 1 fully saturated rings. The maximum atomic E-state index is 12.2. The van der Waals surface area contributed by atoms with Crippen molar-refractivity contribution in [1.29, 1.82) is 0 Å². The summed E-state index contributed by atoms with van der Waals surface area (Å²) in [5, 5.41) is 3.31. The summed E-state index contributed by atoms with van der Waals surface area (Å²) < 4.78 is 6.12. The predicted molar refractivity (Wildman–Crippen MR) is 72.8 cm³/mol. The lowest BCUT2D eigenvalue weighted by atomic mass is 9.83. The number of rotatable bonds is 0. The fraction of sp³-hybridized carbons (Fsp3) is 0.500. The number of carbonyl (C=O) groups excluding carboxylic acids is 1. The summed E-state index contributed by atoms with van der Waals surface area (Å²) in [7, 11) is 0. The SMILES string of the molecule is Cc1ccc2c(c1)C(=O)CC1(CCNCC1)O2.Cl. The van der Waals surface area contributed by atoms with E-state index in [0.29, 0.717) is 6.42 Å². The van der Waals surface area contributed by atoms with Gasteiger partial charge in [-0.3, -0.25) is 4.79 Å². The van der Waals surface area contributed by atoms with Gasteiger partial charge in [0.05, 0.1) is 12.0 Å². The molecule has 18 heavy (non-hydrogen) atoms. The van der Waals surface area contributed by atoms with Crippen LogP contribution in [-0.2, 0) is 0 Å². The second-order valence-corrected chi connectivity index (χ2v) is 5.13. The molecule has 1 aromatic carbocycles. The zero-order valence-electron chi connectivity index (χ0n) is 10.5. The fourth-order valence-corrected chi connectivity index (χ4v) is 2.77. The van der Waals surface area contributed by atoms with Crippen molar-refractivity contribution in [2.75, 3.05) is 13.1 Å². The van der Waals surface area contributed by atoms with Crippen LogP contribution in [-0.4, -0.2) is 24.5 Å². The van der Waals surface area contributed by atoms with Crippen molar-refractivity contribution >= 4 is 18.2 Å². The third-order valence-corrected chi connectivity index (χ3v) is 3.76. The van der Waals surface area contributed by atoms with Gasteiger partial charge >= 0.3 is 0 Å². The van der Waals surface area contributed by atoms with Crippen LogP contribution < -0.4 is 10.1 Å². The first kappa shape index (κ1) is 13.4. The predicted octanol–water partition coefficient (Wildman–Crippen LogP) is 2.50. The summed E-state index contributed by atoms with van der Waals surface area (Å²) in [6.07, 6.45) is 2.38. The maximum absolute atomic E-state index is 12.2. The van der Waals surface area contributed by atoms with Gasteiger partial charge in [0.1, 0.15) is 11.4 Å². The van der Waals surface area contributed by atoms with E-state index < -0.39 is 0 Å². The molecule has 0 radical (unpaired) electrons. The van der Waals surface area contributed by atoms with Gasteiger partial charge in [0.2, 0.25) is 0 Å². The van der Waals surface area contributed by atoms with Crippen molar-refractivity contribution in [3.8, 4) is 5.75 Å². The molecule has 1 aromatic rings. The molecule has 3 rings (SSSR count). The van der Waals surface area contributed by atoms with Gasteiger partial charge < -0.3 is 10.1 Å². The number of halogens is 1. The van der Waals surface area contributed by atoms with Crippen molar-refractivity contribution in [2.45, 2.75) is 31.8 Å². The van der Waals surface area contributed by atoms with E-state index in [1.165, 1.54) is 0 Å². The van der Waals surface area contributed by atoms with Gasteiger partial charge in [0.25, 0.3) is 0 Å². The molecule has 1 spiro atoms. The van der Waals surface area contributed by atoms with Crippen LogP contribution in [0.15, 0.2) is 18.2 Å². The summed E-state index contributed by atoms with van der Waals surface area (Å²) in [6.45, 7) is 3.88. The van der Waals surface area contributed by atoms with Gasteiger partial charge in [-0.05, 0) is 32.1 Å². The third kappa shape index (κ3) is 2.25. The number of hydrogen-bond acceptors (Lipinski definition) is 3. The number of carbonyl (C=O) groups is 1. The minimum atomic E-state index is -0.245. The maximum Gasteiger partial charge on any atom is 0.170 e. The number of ether oxygens (including phenoxy) is 1. The molecule has 2 heterocycles. The molecule has 0 unspecified atom stereocenters. The molecule has 0 atom stereocenters. The average molecular weight is 268 g/mol. The van der Waals surface area contributed by atoms with E-state index in [-0.39, 0.29) is 23.8 Å². The molecule has 2 aliphatic rings. The van der Waals surface area contributed by atoms with Crippen molar-refractivity contribution in [3.63, 3.8) is 0 Å². The van der Waals surface area contributed by atoms with E-state index in [0.717, 1.165) is 42.8 Å². The molecule has 4 heteroatoms. The van der Waals surface area contributed by atoms with Crippen LogP contribution in [0.3, 0.4) is 0 Å². The van der Waals surface area contributed by atoms with E-state index in [2.05, 4.69) is 5.32 Å². The number of hydrogen-bond donors (Lipinski definition) is 1. The molecule has 2 aliphatic heterocycles. The number of ketones is 1. The summed E-state index contributed by atoms with van der Waals surface area (Å²) >= 11 is 0. The molecule has 0 aromatic heterocycles. The molecular formula is C14H18ClNO2. The lowest BCUT2D eigenvalue weighted by molar-refractivity contribution is 0.0187. The summed E-state index contributed by atoms with van der Waals surface area (Å²) in [6, 6.07) is 5.88. The van der Waals surface area contributed by atoms with E-state index in [1.54, 1.807) is 0 Å². The Labute approximate surface area is 113 Å². The average Bonchev–Trinajstić information content (AvgIpc) is 2.31. The van der Waals surface area contributed by atoms with Crippen LogP contribution in [0.5, 0.6) is 5.75 Å². The number of fused-ring (bicyclic) bond motifs is 1. The quantitative estimate of drug-likeness (QED) is 0.785. The molecule has 98 valence electrons. The second kappa shape index (κ2) is 4.90. The van der Waals surface area contributed by atoms with Crippen molar-refractivity contribution in [2.24, 2.45) is 0 Å². The van der Waals surface area contributed by atoms with Gasteiger partial charge in [-0.25, -0.2) is 0 Å². The topological polar surface area (TPSA) is 38.3 Å². The van der Waals surface area contributed by atoms with Gasteiger partial charge in [-0.1, -0.05) is 11.6 Å². The Morgan fingerprint density at radius 3 is 2.72 bits per heavy atom. The summed E-state index contributed by atoms with van der Waals surface area (Å²) in [5.41, 5.74) is 1.63. The second-order valence-electron chi connectivity index (χ2n) is 5.13. The number of piperidine rings is 1. The number of aryl methyl sites for hydroxylation is 1. The Morgan fingerprint density at radius 2 is 2.00 bits per heavy atom. The normalized spacial score (nSPS) is 20.8. The molecule has 3 nitrogen and oxygen atoms in total. The van der Waals surface area contributed by atoms with Crippen molar-refractivity contribution in [3.05, 3.63) is 29.3 Å². The Bertz CT molecular complexity index is 467. The zero-order chi connectivity index (χ0) is 11.9. The minimum Gasteiger partial charge on any atom is -0.486 e. The van der Waals surface area contributed by atoms with Crippen LogP contribution in [0, 0.1) is 6.92 Å². The molecule has 1 N–H and O–H groups in total. The van der Waals surface area contributed by atoms with Gasteiger partial charge in [-0.2, -0.15) is 0 Å². The summed E-state index contributed by atoms with van der Waals surface area (Å²) in [4.78, 5) is 12.2. The number of Topliss-reactive ketones (excluding diaryl/α,β-unsaturated/α-hetero) is 1. The van der Waals surface area contributed by atoms with Crippen LogP contribution in [0.2, 0.25) is 0 Å². The minimum absolute atomic E-state index is 0. The highest BCUT2D eigenvalue weighted by atomic mass is 35.5. The van der Waals surface area contributed by atoms with E-state index in [4.69, 9.17) is 4.74 Å². The monoisotopic (exact) mass is 267 g/mol. The van der Waals surface area contributed by atoms with E-state index >= 15 is 0 Å². The van der Waals surface area contributed by atoms with Crippen LogP contribution in [0.1, 0.15) is 35.2 Å². The molecule has 0 saturated carbocycles. The molecule has 0 aliphatic carbocycles. The first-order chi connectivity index (χ1) is 8.19. The molecule has 0 bridgehead atoms. The highest BCUT2D eigenvalue weighted by molar-refractivity contribution is 6.00. The third-order valence-electron chi connectivity index (χ3n) is 3.76. The highest BCUT2D eigenvalue weighted by Crippen LogP contribution is 2.38. The van der Waals surface area contributed by atoms with Crippen LogP contribution in [0.4, 0.5) is 0 Å². The highest BCUT2D eigenvalue weighted by Gasteiger charge is 2.41. The standard InChI is InChI=1S/C14H17NO2.ClH/c1-10-2-3-13-11(8-10)12(16)9-14(17-13)4-6-15-7-5-14;/h2-3,8,15H,4-7,9H2,1H3;1H. The Morgan fingerprint density at radius 1 is 1.28 bits per heavy atom. The first-order valence-electron chi connectivity index (χ1n) is 6.22. The molecule has 0 amide bonds. The zero-order valence-corrected chi connectivity index (χ0v) is 11.3. The molecular weight excluding hydrogens is 250 g/mol. The molecule has 1 saturated heterocycles. The van der Waals surface area contributed by atoms with Crippen LogP contribution in [0.25, 0.3) is 0 Å². The van der Waals surface area contributed by atoms with E-state index in [1.807, 2.05) is 25.1 Å². The number of nitrogens with one attached hydrogen (secondary N) is 1. The first-order valence-corrected chi connectivity index (χ1v) is 6.22. The lowest BCUT2D eigenvalue weighted by Crippen LogP contribution is -2.49. The smallest absolute Gasteiger partial charge is 0.170 e. The Kier molecular flexibility index (Phi) is 3.64. The van der Waals surface area contributed by atoms with Gasteiger partial charge in [-0.15, -0.1) is 12.4 Å². The Hall–Kier alpha value is -1.06. The van der Waals surface area contributed by atoms with E-state index in [9.17, 15) is 4.79 Å². The Balaban J connectivity index is 0.00000120. The van der Waals surface area contributed by atoms with Gasteiger partial charge in [0, 0.05) is 12.8 Å².